The molecule has 3 aromatic rings. The summed E-state index contributed by atoms with van der Waals surface area (Å²) in [6, 6.07) is 16.1. The average molecular weight is 568 g/mol. The van der Waals surface area contributed by atoms with Gasteiger partial charge in [0.25, 0.3) is 15.9 Å². The Morgan fingerprint density at radius 3 is 2.39 bits per heavy atom. The van der Waals surface area contributed by atoms with Gasteiger partial charge < -0.3 is 4.74 Å². The number of anilines is 1. The minimum Gasteiger partial charge on any atom is -0.494 e. The number of alkyl halides is 3. The molecule has 202 valence electrons. The van der Waals surface area contributed by atoms with E-state index in [0.717, 1.165) is 25.0 Å². The number of carbonyl (C=O) groups excluding carboxylic acids is 1. The summed E-state index contributed by atoms with van der Waals surface area (Å²) in [6.07, 6.45) is -1.49. The number of carbonyl (C=O) groups is 1. The fourth-order valence-corrected chi connectivity index (χ4v) is 4.95. The number of hydrazone groups is 1. The Morgan fingerprint density at radius 1 is 1.08 bits per heavy atom. The standard InChI is InChI=1S/C26H25ClF3N3O4S/c1-2-3-15-37-21-12-9-19(10-13-21)17-31-32-25(34)18-33(38(35,36)22-7-5-4-6-8-22)24-16-20(26(28,29)30)11-14-23(24)27/h4-14,16-17H,2-3,15,18H2,1H3,(H,32,34)/b31-17+. The maximum atomic E-state index is 13.4. The molecule has 1 amide bonds. The Balaban J connectivity index is 1.82. The predicted octanol–water partition coefficient (Wildman–Crippen LogP) is 5.88. The van der Waals surface area contributed by atoms with Gasteiger partial charge in [0.15, 0.2) is 0 Å². The summed E-state index contributed by atoms with van der Waals surface area (Å²) in [6.45, 7) is 1.78. The van der Waals surface area contributed by atoms with Crippen molar-refractivity contribution >= 4 is 39.4 Å². The molecule has 12 heteroatoms. The van der Waals surface area contributed by atoms with Gasteiger partial charge in [-0.2, -0.15) is 18.3 Å². The van der Waals surface area contributed by atoms with E-state index in [1.54, 1.807) is 30.3 Å². The fourth-order valence-electron chi connectivity index (χ4n) is 3.23. The van der Waals surface area contributed by atoms with Gasteiger partial charge >= 0.3 is 6.18 Å². The highest BCUT2D eigenvalue weighted by molar-refractivity contribution is 7.92. The molecule has 0 saturated heterocycles. The second-order valence-corrected chi connectivity index (χ2v) is 10.3. The lowest BCUT2D eigenvalue weighted by Crippen LogP contribution is -2.40. The molecule has 1 N–H and O–H groups in total. The Morgan fingerprint density at radius 2 is 1.76 bits per heavy atom. The first-order valence-corrected chi connectivity index (χ1v) is 13.3. The summed E-state index contributed by atoms with van der Waals surface area (Å²) in [5, 5.41) is 3.55. The van der Waals surface area contributed by atoms with Crippen molar-refractivity contribution in [3.8, 4) is 5.75 Å². The molecular weight excluding hydrogens is 543 g/mol. The van der Waals surface area contributed by atoms with E-state index in [-0.39, 0.29) is 9.92 Å². The number of unbranched alkanes of at least 4 members (excludes halogenated alkanes) is 1. The second-order valence-electron chi connectivity index (χ2n) is 8.05. The van der Waals surface area contributed by atoms with Crippen LogP contribution in [-0.4, -0.2) is 33.7 Å². The molecule has 0 aliphatic carbocycles. The molecule has 7 nitrogen and oxygen atoms in total. The number of nitrogens with one attached hydrogen (secondary N) is 1. The Kier molecular flexibility index (Phi) is 9.76. The molecule has 0 aromatic heterocycles. The number of hydrogen-bond acceptors (Lipinski definition) is 5. The highest BCUT2D eigenvalue weighted by Crippen LogP contribution is 2.37. The molecule has 0 aliphatic rings. The van der Waals surface area contributed by atoms with Gasteiger partial charge in [0.2, 0.25) is 0 Å². The van der Waals surface area contributed by atoms with Crippen LogP contribution in [0.4, 0.5) is 18.9 Å². The smallest absolute Gasteiger partial charge is 0.416 e. The van der Waals surface area contributed by atoms with E-state index in [1.165, 1.54) is 30.5 Å². The van der Waals surface area contributed by atoms with E-state index in [2.05, 4.69) is 17.5 Å². The fraction of sp³-hybridized carbons (Fsp3) is 0.231. The Hall–Kier alpha value is -3.57. The molecule has 0 spiro atoms. The number of nitrogens with zero attached hydrogens (tertiary/aromatic N) is 2. The predicted molar refractivity (Wildman–Crippen MR) is 140 cm³/mol. The molecule has 0 heterocycles. The van der Waals surface area contributed by atoms with E-state index in [9.17, 15) is 26.4 Å². The molecule has 38 heavy (non-hydrogen) atoms. The van der Waals surface area contributed by atoms with Gasteiger partial charge in [0.1, 0.15) is 12.3 Å². The summed E-state index contributed by atoms with van der Waals surface area (Å²) in [5.74, 6) is -0.215. The first kappa shape index (κ1) is 29.0. The number of sulfonamides is 1. The maximum Gasteiger partial charge on any atom is 0.416 e. The maximum absolute atomic E-state index is 13.4. The van der Waals surface area contributed by atoms with Crippen molar-refractivity contribution in [3.63, 3.8) is 0 Å². The van der Waals surface area contributed by atoms with Crippen molar-refractivity contribution in [2.75, 3.05) is 17.5 Å². The van der Waals surface area contributed by atoms with Crippen LogP contribution in [0.3, 0.4) is 0 Å². The topological polar surface area (TPSA) is 88.1 Å². The van der Waals surface area contributed by atoms with Crippen molar-refractivity contribution in [2.24, 2.45) is 5.10 Å². The van der Waals surface area contributed by atoms with Crippen molar-refractivity contribution in [3.05, 3.63) is 88.9 Å². The van der Waals surface area contributed by atoms with Crippen LogP contribution in [0.2, 0.25) is 5.02 Å². The Labute approximate surface area is 223 Å². The molecule has 0 atom stereocenters. The quantitative estimate of drug-likeness (QED) is 0.178. The zero-order valence-corrected chi connectivity index (χ0v) is 21.9. The molecule has 0 unspecified atom stereocenters. The second kappa shape index (κ2) is 12.8. The number of benzene rings is 3. The Bertz CT molecular complexity index is 1370. The molecule has 3 rings (SSSR count). The van der Waals surface area contributed by atoms with Crippen LogP contribution in [-0.2, 0) is 21.0 Å². The number of rotatable bonds is 11. The number of ether oxygens (including phenoxy) is 1. The van der Waals surface area contributed by atoms with E-state index < -0.39 is 39.9 Å². The summed E-state index contributed by atoms with van der Waals surface area (Å²) in [7, 11) is -4.47. The van der Waals surface area contributed by atoms with Crippen LogP contribution in [0.1, 0.15) is 30.9 Å². The van der Waals surface area contributed by atoms with Gasteiger partial charge in [0.05, 0.1) is 34.0 Å². The molecule has 0 saturated carbocycles. The van der Waals surface area contributed by atoms with E-state index in [0.29, 0.717) is 28.3 Å². The van der Waals surface area contributed by atoms with Crippen molar-refractivity contribution in [1.29, 1.82) is 0 Å². The summed E-state index contributed by atoms with van der Waals surface area (Å²) in [4.78, 5) is 12.4. The van der Waals surface area contributed by atoms with E-state index in [1.807, 2.05) is 0 Å². The number of hydrogen-bond donors (Lipinski definition) is 1. The van der Waals surface area contributed by atoms with Gasteiger partial charge in [-0.15, -0.1) is 0 Å². The first-order chi connectivity index (χ1) is 18.0. The van der Waals surface area contributed by atoms with Gasteiger partial charge in [-0.1, -0.05) is 43.1 Å². The third kappa shape index (κ3) is 7.72. The zero-order chi connectivity index (χ0) is 27.8. The molecule has 3 aromatic carbocycles. The van der Waals surface area contributed by atoms with Crippen LogP contribution >= 0.6 is 11.6 Å². The van der Waals surface area contributed by atoms with Crippen molar-refractivity contribution in [1.82, 2.24) is 5.43 Å². The highest BCUT2D eigenvalue weighted by atomic mass is 35.5. The monoisotopic (exact) mass is 567 g/mol. The highest BCUT2D eigenvalue weighted by Gasteiger charge is 2.34. The van der Waals surface area contributed by atoms with Crippen molar-refractivity contribution < 1.29 is 31.1 Å². The lowest BCUT2D eigenvalue weighted by Gasteiger charge is -2.25. The lowest BCUT2D eigenvalue weighted by molar-refractivity contribution is -0.137. The minimum absolute atomic E-state index is 0.231. The molecule has 0 aliphatic heterocycles. The number of amides is 1. The van der Waals surface area contributed by atoms with Crippen LogP contribution in [0.25, 0.3) is 0 Å². The largest absolute Gasteiger partial charge is 0.494 e. The van der Waals surface area contributed by atoms with Gasteiger partial charge in [-0.3, -0.25) is 9.10 Å². The average Bonchev–Trinajstić information content (AvgIpc) is 2.88. The summed E-state index contributed by atoms with van der Waals surface area (Å²) < 4.78 is 72.9. The summed E-state index contributed by atoms with van der Waals surface area (Å²) in [5.41, 5.74) is 1.21. The molecular formula is C26H25ClF3N3O4S. The third-order valence-corrected chi connectivity index (χ3v) is 7.30. The van der Waals surface area contributed by atoms with E-state index >= 15 is 0 Å². The normalized spacial score (nSPS) is 11.9. The third-order valence-electron chi connectivity index (χ3n) is 5.21. The molecule has 0 fully saturated rings. The van der Waals surface area contributed by atoms with Gasteiger partial charge in [-0.25, -0.2) is 13.8 Å². The van der Waals surface area contributed by atoms with Crippen LogP contribution in [0.5, 0.6) is 5.75 Å². The lowest BCUT2D eigenvalue weighted by atomic mass is 10.2. The van der Waals surface area contributed by atoms with Gasteiger partial charge in [-0.05, 0) is 66.6 Å². The zero-order valence-electron chi connectivity index (χ0n) is 20.3. The van der Waals surface area contributed by atoms with Gasteiger partial charge in [0, 0.05) is 0 Å². The van der Waals surface area contributed by atoms with Crippen LogP contribution in [0.15, 0.2) is 82.8 Å². The van der Waals surface area contributed by atoms with Crippen LogP contribution in [0, 0.1) is 0 Å². The first-order valence-electron chi connectivity index (χ1n) is 11.5. The van der Waals surface area contributed by atoms with Crippen LogP contribution < -0.4 is 14.5 Å². The SMILES string of the molecule is CCCCOc1ccc(/C=N/NC(=O)CN(c2cc(C(F)(F)F)ccc2Cl)S(=O)(=O)c2ccccc2)cc1. The van der Waals surface area contributed by atoms with Crippen molar-refractivity contribution in [2.45, 2.75) is 30.8 Å². The molecule has 0 radical (unpaired) electrons. The number of halogens is 4. The summed E-state index contributed by atoms with van der Waals surface area (Å²) >= 11 is 6.11. The molecule has 0 bridgehead atoms. The van der Waals surface area contributed by atoms with E-state index in [4.69, 9.17) is 16.3 Å². The minimum atomic E-state index is -4.76.